The average Bonchev–Trinajstić information content (AvgIpc) is 2.34. The molecule has 0 heterocycles. The molecule has 0 saturated heterocycles. The first-order valence-electron chi connectivity index (χ1n) is 7.49. The first-order chi connectivity index (χ1) is 8.52. The van der Waals surface area contributed by atoms with E-state index >= 15 is 0 Å². The summed E-state index contributed by atoms with van der Waals surface area (Å²) < 4.78 is 0. The van der Waals surface area contributed by atoms with E-state index in [9.17, 15) is 4.79 Å². The normalized spacial score (nSPS) is 16.2. The quantitative estimate of drug-likeness (QED) is 0.555. The minimum absolute atomic E-state index is 0.216. The fraction of sp³-hybridized carbons (Fsp3) is 0.933. The second-order valence-corrected chi connectivity index (χ2v) is 5.43. The molecule has 0 rings (SSSR count). The number of hydrogen-bond donors (Lipinski definition) is 2. The predicted molar refractivity (Wildman–Crippen MR) is 76.8 cm³/mol. The Morgan fingerprint density at radius 3 is 2.33 bits per heavy atom. The number of carbonyl (C=O) groups is 1. The van der Waals surface area contributed by atoms with Crippen molar-refractivity contribution in [2.45, 2.75) is 72.3 Å². The van der Waals surface area contributed by atoms with Crippen LogP contribution in [0.4, 0.5) is 0 Å². The van der Waals surface area contributed by atoms with Crippen LogP contribution in [0.25, 0.3) is 0 Å². The largest absolute Gasteiger partial charge is 0.481 e. The minimum Gasteiger partial charge on any atom is -0.481 e. The Balaban J connectivity index is 3.88. The number of unbranched alkanes of at least 4 members (excludes halogenated alkanes) is 2. The molecule has 0 spiro atoms. The molecule has 3 unspecified atom stereocenters. The molecule has 0 saturated carbocycles. The molecule has 3 heteroatoms. The van der Waals surface area contributed by atoms with Crippen LogP contribution in [0, 0.1) is 11.8 Å². The lowest BCUT2D eigenvalue weighted by Gasteiger charge is -2.24. The first kappa shape index (κ1) is 17.4. The predicted octanol–water partition coefficient (Wildman–Crippen LogP) is 3.68. The van der Waals surface area contributed by atoms with Crippen LogP contribution in [-0.2, 0) is 4.79 Å². The number of carboxylic acids is 1. The van der Waals surface area contributed by atoms with Crippen LogP contribution in [0.2, 0.25) is 0 Å². The number of carboxylic acid groups (broad SMARTS) is 1. The Hall–Kier alpha value is -0.570. The lowest BCUT2D eigenvalue weighted by molar-refractivity contribution is -0.141. The molecule has 0 aliphatic rings. The van der Waals surface area contributed by atoms with Crippen LogP contribution in [0.15, 0.2) is 0 Å². The minimum atomic E-state index is -0.673. The number of aliphatic carboxylic acids is 1. The first-order valence-corrected chi connectivity index (χ1v) is 7.49. The molecule has 2 N–H and O–H groups in total. The third kappa shape index (κ3) is 7.70. The van der Waals surface area contributed by atoms with E-state index < -0.39 is 5.97 Å². The van der Waals surface area contributed by atoms with Gasteiger partial charge < -0.3 is 10.4 Å². The van der Waals surface area contributed by atoms with Crippen molar-refractivity contribution in [3.63, 3.8) is 0 Å². The molecule has 0 aliphatic carbocycles. The highest BCUT2D eigenvalue weighted by molar-refractivity contribution is 5.69. The second kappa shape index (κ2) is 10.4. The highest BCUT2D eigenvalue weighted by Gasteiger charge is 2.18. The lowest BCUT2D eigenvalue weighted by atomic mass is 9.89. The van der Waals surface area contributed by atoms with E-state index in [1.165, 1.54) is 19.3 Å². The van der Waals surface area contributed by atoms with Crippen molar-refractivity contribution >= 4 is 5.97 Å². The summed E-state index contributed by atoms with van der Waals surface area (Å²) in [5.74, 6) is -0.298. The van der Waals surface area contributed by atoms with Crippen molar-refractivity contribution in [2.24, 2.45) is 11.8 Å². The summed E-state index contributed by atoms with van der Waals surface area (Å²) in [6, 6.07) is 0.493. The van der Waals surface area contributed by atoms with Crippen molar-refractivity contribution < 1.29 is 9.90 Å². The smallest absolute Gasteiger partial charge is 0.306 e. The lowest BCUT2D eigenvalue weighted by Crippen LogP contribution is -2.34. The Labute approximate surface area is 112 Å². The Morgan fingerprint density at radius 2 is 1.83 bits per heavy atom. The molecule has 0 bridgehead atoms. The van der Waals surface area contributed by atoms with E-state index in [4.69, 9.17) is 5.11 Å². The van der Waals surface area contributed by atoms with Gasteiger partial charge >= 0.3 is 5.97 Å². The molecule has 0 radical (unpaired) electrons. The average molecular weight is 257 g/mol. The van der Waals surface area contributed by atoms with Gasteiger partial charge in [-0.2, -0.15) is 0 Å². The van der Waals surface area contributed by atoms with Gasteiger partial charge in [-0.05, 0) is 38.6 Å². The summed E-state index contributed by atoms with van der Waals surface area (Å²) >= 11 is 0. The van der Waals surface area contributed by atoms with Gasteiger partial charge in [0.05, 0.1) is 5.92 Å². The van der Waals surface area contributed by atoms with E-state index in [0.29, 0.717) is 12.0 Å². The number of hydrogen-bond acceptors (Lipinski definition) is 2. The highest BCUT2D eigenvalue weighted by Crippen LogP contribution is 2.19. The Kier molecular flexibility index (Phi) is 10.0. The summed E-state index contributed by atoms with van der Waals surface area (Å²) in [6.45, 7) is 9.52. The summed E-state index contributed by atoms with van der Waals surface area (Å²) in [6.07, 6.45) is 6.69. The summed E-state index contributed by atoms with van der Waals surface area (Å²) in [5, 5.41) is 12.5. The molecule has 0 fully saturated rings. The molecule has 18 heavy (non-hydrogen) atoms. The molecule has 3 atom stereocenters. The second-order valence-electron chi connectivity index (χ2n) is 5.43. The molecule has 3 nitrogen and oxygen atoms in total. The fourth-order valence-corrected chi connectivity index (χ4v) is 2.27. The topological polar surface area (TPSA) is 49.3 Å². The van der Waals surface area contributed by atoms with Crippen molar-refractivity contribution in [2.75, 3.05) is 6.54 Å². The van der Waals surface area contributed by atoms with Crippen molar-refractivity contribution in [3.8, 4) is 0 Å². The van der Waals surface area contributed by atoms with Gasteiger partial charge in [-0.25, -0.2) is 0 Å². The molecule has 0 aromatic heterocycles. The van der Waals surface area contributed by atoms with Crippen molar-refractivity contribution in [1.82, 2.24) is 5.32 Å². The maximum atomic E-state index is 10.8. The maximum Gasteiger partial charge on any atom is 0.306 e. The standard InChI is InChI=1S/C15H31NO2/c1-5-7-8-11-16-13(4)14(6-2)10-9-12(3)15(17)18/h12-14,16H,5-11H2,1-4H3,(H,17,18). The molecule has 0 aliphatic heterocycles. The van der Waals surface area contributed by atoms with Crippen LogP contribution < -0.4 is 5.32 Å². The van der Waals surface area contributed by atoms with Gasteiger partial charge in [0.2, 0.25) is 0 Å². The van der Waals surface area contributed by atoms with E-state index in [0.717, 1.165) is 25.8 Å². The van der Waals surface area contributed by atoms with E-state index in [1.54, 1.807) is 6.92 Å². The third-order valence-electron chi connectivity index (χ3n) is 3.87. The zero-order valence-corrected chi connectivity index (χ0v) is 12.5. The summed E-state index contributed by atoms with van der Waals surface area (Å²) in [7, 11) is 0. The van der Waals surface area contributed by atoms with Gasteiger partial charge in [-0.1, -0.05) is 40.0 Å². The zero-order chi connectivity index (χ0) is 14.0. The molecular formula is C15H31NO2. The van der Waals surface area contributed by atoms with Gasteiger partial charge in [0.25, 0.3) is 0 Å². The van der Waals surface area contributed by atoms with Gasteiger partial charge in [0, 0.05) is 6.04 Å². The SMILES string of the molecule is CCCCCNC(C)C(CC)CCC(C)C(=O)O. The van der Waals surface area contributed by atoms with Crippen molar-refractivity contribution in [3.05, 3.63) is 0 Å². The monoisotopic (exact) mass is 257 g/mol. The Bertz CT molecular complexity index is 219. The Morgan fingerprint density at radius 1 is 1.17 bits per heavy atom. The van der Waals surface area contributed by atoms with Gasteiger partial charge in [-0.3, -0.25) is 4.79 Å². The zero-order valence-electron chi connectivity index (χ0n) is 12.5. The van der Waals surface area contributed by atoms with Gasteiger partial charge in [0.1, 0.15) is 0 Å². The van der Waals surface area contributed by atoms with E-state index in [1.807, 2.05) is 0 Å². The van der Waals surface area contributed by atoms with Crippen molar-refractivity contribution in [1.29, 1.82) is 0 Å². The van der Waals surface area contributed by atoms with Crippen LogP contribution in [0.3, 0.4) is 0 Å². The van der Waals surface area contributed by atoms with Crippen LogP contribution in [0.5, 0.6) is 0 Å². The molecule has 0 aromatic carbocycles. The molecule has 108 valence electrons. The van der Waals surface area contributed by atoms with Crippen LogP contribution in [0.1, 0.15) is 66.2 Å². The molecule has 0 amide bonds. The van der Waals surface area contributed by atoms with Gasteiger partial charge in [-0.15, -0.1) is 0 Å². The fourth-order valence-electron chi connectivity index (χ4n) is 2.27. The molecular weight excluding hydrogens is 226 g/mol. The van der Waals surface area contributed by atoms with Gasteiger partial charge in [0.15, 0.2) is 0 Å². The van der Waals surface area contributed by atoms with Crippen LogP contribution >= 0.6 is 0 Å². The maximum absolute atomic E-state index is 10.8. The van der Waals surface area contributed by atoms with E-state index in [2.05, 4.69) is 26.1 Å². The van der Waals surface area contributed by atoms with Crippen LogP contribution in [-0.4, -0.2) is 23.7 Å². The summed E-state index contributed by atoms with van der Waals surface area (Å²) in [4.78, 5) is 10.8. The highest BCUT2D eigenvalue weighted by atomic mass is 16.4. The summed E-state index contributed by atoms with van der Waals surface area (Å²) in [5.41, 5.74) is 0. The number of nitrogens with one attached hydrogen (secondary N) is 1. The third-order valence-corrected chi connectivity index (χ3v) is 3.87. The number of rotatable bonds is 11. The molecule has 0 aromatic rings. The van der Waals surface area contributed by atoms with E-state index in [-0.39, 0.29) is 5.92 Å².